The Kier molecular flexibility index (Phi) is 3.57. The lowest BCUT2D eigenvalue weighted by atomic mass is 10.2. The predicted molar refractivity (Wildman–Crippen MR) is 69.4 cm³/mol. The maximum absolute atomic E-state index is 13.5. The molecule has 0 unspecified atom stereocenters. The van der Waals surface area contributed by atoms with E-state index in [2.05, 4.69) is 5.32 Å². The highest BCUT2D eigenvalue weighted by molar-refractivity contribution is 7.15. The predicted octanol–water partition coefficient (Wildman–Crippen LogP) is 3.72. The van der Waals surface area contributed by atoms with Crippen molar-refractivity contribution in [1.29, 1.82) is 0 Å². The van der Waals surface area contributed by atoms with Gasteiger partial charge in [0.25, 0.3) is 0 Å². The van der Waals surface area contributed by atoms with Crippen LogP contribution in [0.15, 0.2) is 30.3 Å². The van der Waals surface area contributed by atoms with E-state index >= 15 is 0 Å². The normalized spacial score (nSPS) is 10.3. The minimum Gasteiger partial charge on any atom is -0.378 e. The number of benzene rings is 1. The van der Waals surface area contributed by atoms with Crippen LogP contribution in [-0.4, -0.2) is 4.92 Å². The molecule has 0 aliphatic rings. The molecular formula is C12H11FN2O2S. The van der Waals surface area contributed by atoms with E-state index in [9.17, 15) is 14.5 Å². The number of hydrogen-bond donors (Lipinski definition) is 1. The summed E-state index contributed by atoms with van der Waals surface area (Å²) in [5.41, 5.74) is 1.25. The van der Waals surface area contributed by atoms with Gasteiger partial charge < -0.3 is 5.32 Å². The number of para-hydroxylation sites is 1. The molecule has 2 aromatic rings. The number of rotatable bonds is 4. The minimum absolute atomic E-state index is 0.0945. The van der Waals surface area contributed by atoms with Crippen molar-refractivity contribution in [3.05, 3.63) is 56.7 Å². The first-order chi connectivity index (χ1) is 8.58. The van der Waals surface area contributed by atoms with Gasteiger partial charge in [-0.1, -0.05) is 23.5 Å². The van der Waals surface area contributed by atoms with Crippen LogP contribution in [0.5, 0.6) is 0 Å². The van der Waals surface area contributed by atoms with E-state index in [1.165, 1.54) is 12.1 Å². The molecule has 0 radical (unpaired) electrons. The van der Waals surface area contributed by atoms with E-state index in [-0.39, 0.29) is 10.8 Å². The lowest BCUT2D eigenvalue weighted by Gasteiger charge is -2.08. The van der Waals surface area contributed by atoms with Gasteiger partial charge in [0.2, 0.25) is 0 Å². The van der Waals surface area contributed by atoms with Crippen molar-refractivity contribution in [2.24, 2.45) is 0 Å². The van der Waals surface area contributed by atoms with E-state index in [0.717, 1.165) is 21.8 Å². The van der Waals surface area contributed by atoms with E-state index in [4.69, 9.17) is 0 Å². The monoisotopic (exact) mass is 266 g/mol. The van der Waals surface area contributed by atoms with Crippen LogP contribution in [0.25, 0.3) is 0 Å². The molecule has 0 atom stereocenters. The molecule has 1 aromatic carbocycles. The highest BCUT2D eigenvalue weighted by Gasteiger charge is 2.10. The average Bonchev–Trinajstić information content (AvgIpc) is 2.77. The van der Waals surface area contributed by atoms with E-state index in [0.29, 0.717) is 12.2 Å². The standard InChI is InChI=1S/C12H11FN2O2S/c1-8-3-2-4-10(13)12(8)14-7-9-5-6-11(18-9)15(16)17/h2-6,14H,7H2,1H3. The molecule has 1 N–H and O–H groups in total. The Bertz CT molecular complexity index is 563. The molecule has 18 heavy (non-hydrogen) atoms. The summed E-state index contributed by atoms with van der Waals surface area (Å²) in [6, 6.07) is 7.96. The molecule has 0 amide bonds. The summed E-state index contributed by atoms with van der Waals surface area (Å²) in [5, 5.41) is 13.6. The van der Waals surface area contributed by atoms with E-state index < -0.39 is 4.92 Å². The van der Waals surface area contributed by atoms with Gasteiger partial charge in [-0.3, -0.25) is 10.1 Å². The second-order valence-corrected chi connectivity index (χ2v) is 4.93. The van der Waals surface area contributed by atoms with Crippen LogP contribution < -0.4 is 5.32 Å². The number of anilines is 1. The van der Waals surface area contributed by atoms with Gasteiger partial charge in [0, 0.05) is 17.5 Å². The Balaban J connectivity index is 2.09. The Morgan fingerprint density at radius 1 is 1.39 bits per heavy atom. The third-order valence-corrected chi connectivity index (χ3v) is 3.53. The van der Waals surface area contributed by atoms with Crippen molar-refractivity contribution in [3.63, 3.8) is 0 Å². The third-order valence-electron chi connectivity index (χ3n) is 2.49. The zero-order valence-electron chi connectivity index (χ0n) is 9.64. The van der Waals surface area contributed by atoms with Crippen LogP contribution in [0.2, 0.25) is 0 Å². The fourth-order valence-corrected chi connectivity index (χ4v) is 2.35. The molecule has 2 rings (SSSR count). The number of nitrogens with zero attached hydrogens (tertiary/aromatic N) is 1. The van der Waals surface area contributed by atoms with Gasteiger partial charge in [-0.05, 0) is 24.6 Å². The molecule has 0 saturated carbocycles. The Morgan fingerprint density at radius 3 is 2.78 bits per heavy atom. The first-order valence-corrected chi connectivity index (χ1v) is 6.11. The molecule has 0 fully saturated rings. The average molecular weight is 266 g/mol. The quantitative estimate of drug-likeness (QED) is 0.678. The van der Waals surface area contributed by atoms with Crippen molar-refractivity contribution in [2.75, 3.05) is 5.32 Å². The van der Waals surface area contributed by atoms with Crippen LogP contribution in [0.1, 0.15) is 10.4 Å². The molecule has 0 spiro atoms. The van der Waals surface area contributed by atoms with Gasteiger partial charge in [0.1, 0.15) is 5.82 Å². The molecular weight excluding hydrogens is 255 g/mol. The summed E-state index contributed by atoms with van der Waals surface area (Å²) in [6.07, 6.45) is 0. The van der Waals surface area contributed by atoms with Gasteiger partial charge in [0.05, 0.1) is 10.6 Å². The van der Waals surface area contributed by atoms with Crippen molar-refractivity contribution >= 4 is 22.0 Å². The number of nitrogens with one attached hydrogen (secondary N) is 1. The highest BCUT2D eigenvalue weighted by Crippen LogP contribution is 2.26. The fraction of sp³-hybridized carbons (Fsp3) is 0.167. The Hall–Kier alpha value is -1.95. The van der Waals surface area contributed by atoms with E-state index in [1.54, 1.807) is 12.1 Å². The molecule has 0 aliphatic heterocycles. The fourth-order valence-electron chi connectivity index (χ4n) is 1.59. The molecule has 0 aliphatic carbocycles. The molecule has 0 saturated heterocycles. The van der Waals surface area contributed by atoms with Gasteiger partial charge in [-0.25, -0.2) is 4.39 Å². The van der Waals surface area contributed by atoms with E-state index in [1.807, 2.05) is 13.0 Å². The summed E-state index contributed by atoms with van der Waals surface area (Å²) in [7, 11) is 0. The van der Waals surface area contributed by atoms with Crippen LogP contribution in [0.4, 0.5) is 15.1 Å². The van der Waals surface area contributed by atoms with Gasteiger partial charge in [-0.15, -0.1) is 0 Å². The summed E-state index contributed by atoms with van der Waals surface area (Å²) in [5.74, 6) is -0.318. The van der Waals surface area contributed by atoms with Crippen LogP contribution in [0, 0.1) is 22.9 Å². The zero-order chi connectivity index (χ0) is 13.1. The van der Waals surface area contributed by atoms with Crippen molar-refractivity contribution in [3.8, 4) is 0 Å². The zero-order valence-corrected chi connectivity index (χ0v) is 10.5. The molecule has 6 heteroatoms. The van der Waals surface area contributed by atoms with Crippen LogP contribution >= 0.6 is 11.3 Å². The maximum Gasteiger partial charge on any atom is 0.324 e. The molecule has 4 nitrogen and oxygen atoms in total. The number of halogens is 1. The second-order valence-electron chi connectivity index (χ2n) is 3.78. The highest BCUT2D eigenvalue weighted by atomic mass is 32.1. The molecule has 0 bridgehead atoms. The van der Waals surface area contributed by atoms with Gasteiger partial charge >= 0.3 is 5.00 Å². The van der Waals surface area contributed by atoms with Crippen LogP contribution in [-0.2, 0) is 6.54 Å². The second kappa shape index (κ2) is 5.14. The minimum atomic E-state index is -0.428. The molecule has 94 valence electrons. The molecule has 1 heterocycles. The summed E-state index contributed by atoms with van der Waals surface area (Å²) in [4.78, 5) is 10.9. The number of thiophene rings is 1. The Morgan fingerprint density at radius 2 is 2.17 bits per heavy atom. The maximum atomic E-state index is 13.5. The SMILES string of the molecule is Cc1cccc(F)c1NCc1ccc([N+](=O)[O-])s1. The van der Waals surface area contributed by atoms with Crippen LogP contribution in [0.3, 0.4) is 0 Å². The van der Waals surface area contributed by atoms with Crippen molar-refractivity contribution < 1.29 is 9.31 Å². The summed E-state index contributed by atoms with van der Waals surface area (Å²) < 4.78 is 13.5. The lowest BCUT2D eigenvalue weighted by Crippen LogP contribution is -2.01. The number of hydrogen-bond acceptors (Lipinski definition) is 4. The third kappa shape index (κ3) is 2.65. The number of aryl methyl sites for hydroxylation is 1. The summed E-state index contributed by atoms with van der Waals surface area (Å²) >= 11 is 1.09. The van der Waals surface area contributed by atoms with Gasteiger partial charge in [-0.2, -0.15) is 0 Å². The number of nitro groups is 1. The molecule has 1 aromatic heterocycles. The van der Waals surface area contributed by atoms with Crippen molar-refractivity contribution in [2.45, 2.75) is 13.5 Å². The Labute approximate surface area is 107 Å². The largest absolute Gasteiger partial charge is 0.378 e. The topological polar surface area (TPSA) is 55.2 Å². The first kappa shape index (κ1) is 12.5. The smallest absolute Gasteiger partial charge is 0.324 e. The van der Waals surface area contributed by atoms with Gasteiger partial charge in [0.15, 0.2) is 0 Å². The lowest BCUT2D eigenvalue weighted by molar-refractivity contribution is -0.380. The van der Waals surface area contributed by atoms with Crippen molar-refractivity contribution in [1.82, 2.24) is 0 Å². The first-order valence-electron chi connectivity index (χ1n) is 5.30. The summed E-state index contributed by atoms with van der Waals surface area (Å²) in [6.45, 7) is 2.18.